The number of thioether (sulfide) groups is 1. The smallest absolute Gasteiger partial charge is 0.246 e. The Balaban J connectivity index is 1.14. The summed E-state index contributed by atoms with van der Waals surface area (Å²) in [5, 5.41) is 1.04. The number of nitrogens with one attached hydrogen (secondary N) is 2. The topological polar surface area (TPSA) is 113 Å². The highest BCUT2D eigenvalue weighted by Gasteiger charge is 2.50. The van der Waals surface area contributed by atoms with Crippen molar-refractivity contribution >= 4 is 80.4 Å². The Morgan fingerprint density at radius 3 is 1.36 bits per heavy atom. The standard InChI is InChI=1S/C48H50Cl2N6O4S/c1-31-29-51-41-9-7-37(27-39(31)41)47(15-13-35(25-43(47)49)5-11-45(59)55-21-17-53(18-22-55)33(3)57)61-48(38-8-10-42-40(28-38)32(2)30-52-42)16-14-36(26-44(48)50)6-12-46(60)56-23-19-54(20-24-56)34(4)58/h5-16,25-30,43-44,51-52H,17-24H2,1-4H3/b11-5+,12-6+. The molecule has 4 atom stereocenters. The van der Waals surface area contributed by atoms with Crippen molar-refractivity contribution in [3.63, 3.8) is 0 Å². The number of rotatable bonds is 8. The Labute approximate surface area is 370 Å². The van der Waals surface area contributed by atoms with Gasteiger partial charge in [-0.25, -0.2) is 0 Å². The van der Waals surface area contributed by atoms with E-state index in [0.717, 1.165) is 55.2 Å². The highest BCUT2D eigenvalue weighted by atomic mass is 35.5. The first-order valence-electron chi connectivity index (χ1n) is 20.7. The molecule has 0 radical (unpaired) electrons. The molecule has 2 aliphatic heterocycles. The number of amides is 4. The van der Waals surface area contributed by atoms with Crippen molar-refractivity contribution < 1.29 is 19.2 Å². The van der Waals surface area contributed by atoms with Crippen LogP contribution in [-0.4, -0.2) is 116 Å². The van der Waals surface area contributed by atoms with Crippen LogP contribution >= 0.6 is 35.0 Å². The van der Waals surface area contributed by atoms with E-state index in [0.29, 0.717) is 52.4 Å². The van der Waals surface area contributed by atoms with Crippen molar-refractivity contribution in [2.24, 2.45) is 0 Å². The highest BCUT2D eigenvalue weighted by Crippen LogP contribution is 2.59. The third-order valence-electron chi connectivity index (χ3n) is 12.5. The van der Waals surface area contributed by atoms with Crippen molar-refractivity contribution in [2.75, 3.05) is 52.4 Å². The number of benzene rings is 2. The lowest BCUT2D eigenvalue weighted by molar-refractivity contribution is -0.135. The zero-order valence-corrected chi connectivity index (χ0v) is 37.1. The number of carbonyl (C=O) groups excluding carboxylic acids is 4. The normalized spacial score (nSPS) is 24.6. The Kier molecular flexibility index (Phi) is 12.0. The van der Waals surface area contributed by atoms with Crippen LogP contribution in [0.4, 0.5) is 0 Å². The number of allylic oxidation sites excluding steroid dienone is 8. The molecule has 2 saturated heterocycles. The van der Waals surface area contributed by atoms with Gasteiger partial charge in [-0.15, -0.1) is 35.0 Å². The highest BCUT2D eigenvalue weighted by molar-refractivity contribution is 8.01. The van der Waals surface area contributed by atoms with Gasteiger partial charge in [-0.05, 0) is 83.7 Å². The van der Waals surface area contributed by atoms with Crippen LogP contribution in [0.2, 0.25) is 0 Å². The van der Waals surface area contributed by atoms with Gasteiger partial charge < -0.3 is 29.6 Å². The van der Waals surface area contributed by atoms with Gasteiger partial charge in [0.05, 0.1) is 20.2 Å². The molecule has 316 valence electrons. The third-order valence-corrected chi connectivity index (χ3v) is 15.6. The average Bonchev–Trinajstić information content (AvgIpc) is 3.84. The zero-order chi connectivity index (χ0) is 43.1. The molecule has 2 aromatic heterocycles. The second-order valence-corrected chi connectivity index (χ2v) is 18.8. The molecule has 2 aromatic carbocycles. The van der Waals surface area contributed by atoms with Gasteiger partial charge in [-0.3, -0.25) is 19.2 Å². The molecule has 61 heavy (non-hydrogen) atoms. The summed E-state index contributed by atoms with van der Waals surface area (Å²) in [6, 6.07) is 12.9. The maximum Gasteiger partial charge on any atom is 0.246 e. The van der Waals surface area contributed by atoms with E-state index < -0.39 is 20.2 Å². The summed E-state index contributed by atoms with van der Waals surface area (Å²) in [6.07, 6.45) is 23.2. The van der Waals surface area contributed by atoms with Gasteiger partial charge in [0, 0.05) is 113 Å². The monoisotopic (exact) mass is 876 g/mol. The van der Waals surface area contributed by atoms with Crippen molar-refractivity contribution in [1.29, 1.82) is 0 Å². The average molecular weight is 878 g/mol. The molecule has 0 bridgehead atoms. The number of hydrogen-bond donors (Lipinski definition) is 2. The summed E-state index contributed by atoms with van der Waals surface area (Å²) in [7, 11) is 0. The summed E-state index contributed by atoms with van der Waals surface area (Å²) in [5.74, 6) is -0.179. The summed E-state index contributed by atoms with van der Waals surface area (Å²) in [6.45, 7) is 11.3. The first kappa shape index (κ1) is 42.5. The first-order chi connectivity index (χ1) is 29.3. The van der Waals surface area contributed by atoms with Gasteiger partial charge in [0.2, 0.25) is 23.6 Å². The van der Waals surface area contributed by atoms with E-state index in [1.54, 1.807) is 57.4 Å². The molecule has 4 aromatic rings. The van der Waals surface area contributed by atoms with Crippen molar-refractivity contribution in [2.45, 2.75) is 47.9 Å². The van der Waals surface area contributed by atoms with Crippen LogP contribution in [0.25, 0.3) is 21.8 Å². The maximum atomic E-state index is 13.3. The van der Waals surface area contributed by atoms with E-state index in [2.05, 4.69) is 72.4 Å². The minimum absolute atomic E-state index is 0.0182. The van der Waals surface area contributed by atoms with E-state index in [1.807, 2.05) is 48.8 Å². The number of aromatic amines is 2. The van der Waals surface area contributed by atoms with E-state index in [1.165, 1.54) is 0 Å². The third kappa shape index (κ3) is 8.40. The van der Waals surface area contributed by atoms with Crippen molar-refractivity contribution in [3.8, 4) is 0 Å². The van der Waals surface area contributed by atoms with E-state index in [4.69, 9.17) is 23.2 Å². The van der Waals surface area contributed by atoms with Crippen LogP contribution in [0.5, 0.6) is 0 Å². The molecule has 4 unspecified atom stereocenters. The maximum absolute atomic E-state index is 13.3. The van der Waals surface area contributed by atoms with Gasteiger partial charge in [0.15, 0.2) is 0 Å². The second-order valence-electron chi connectivity index (χ2n) is 16.3. The van der Waals surface area contributed by atoms with Gasteiger partial charge >= 0.3 is 0 Å². The molecule has 4 amide bonds. The van der Waals surface area contributed by atoms with Crippen LogP contribution in [-0.2, 0) is 28.7 Å². The van der Waals surface area contributed by atoms with Crippen LogP contribution < -0.4 is 0 Å². The largest absolute Gasteiger partial charge is 0.361 e. The first-order valence-corrected chi connectivity index (χ1v) is 22.4. The molecule has 13 heteroatoms. The van der Waals surface area contributed by atoms with Crippen molar-refractivity contribution in [3.05, 3.63) is 143 Å². The number of fused-ring (bicyclic) bond motifs is 2. The summed E-state index contributed by atoms with van der Waals surface area (Å²) < 4.78 is -1.69. The molecule has 2 N–H and O–H groups in total. The fourth-order valence-corrected chi connectivity index (χ4v) is 11.3. The van der Waals surface area contributed by atoms with Crippen LogP contribution in [0, 0.1) is 13.8 Å². The zero-order valence-electron chi connectivity index (χ0n) is 34.8. The van der Waals surface area contributed by atoms with Crippen LogP contribution in [0.1, 0.15) is 36.1 Å². The van der Waals surface area contributed by atoms with Gasteiger partial charge in [0.25, 0.3) is 0 Å². The van der Waals surface area contributed by atoms with E-state index >= 15 is 0 Å². The van der Waals surface area contributed by atoms with Gasteiger partial charge in [-0.1, -0.05) is 48.6 Å². The van der Waals surface area contributed by atoms with Crippen LogP contribution in [0.3, 0.4) is 0 Å². The molecule has 0 saturated carbocycles. The number of aryl methyl sites for hydroxylation is 2. The number of H-pyrrole nitrogens is 2. The van der Waals surface area contributed by atoms with Gasteiger partial charge in [0.1, 0.15) is 0 Å². The molecule has 4 aliphatic rings. The fourth-order valence-electron chi connectivity index (χ4n) is 8.67. The SMILES string of the molecule is CC(=O)N1CCN(C(=O)/C=C/C2=CC(Cl)C(SC3(c4ccc5[nH]cc(C)c5c4)C=CC(/C=C/C(=O)N4CCN(C(C)=O)CC4)=CC3Cl)(c3ccc4[nH]cc(C)c4c3)C=C2)CC1. The minimum Gasteiger partial charge on any atom is -0.361 e. The van der Waals surface area contributed by atoms with E-state index in [9.17, 15) is 19.2 Å². The molecule has 2 aliphatic carbocycles. The Morgan fingerprint density at radius 2 is 1.00 bits per heavy atom. The molecular formula is C48H50Cl2N6O4S. The Bertz CT molecular complexity index is 2410. The predicted molar refractivity (Wildman–Crippen MR) is 247 cm³/mol. The molecular weight excluding hydrogens is 828 g/mol. The Hall–Kier alpha value is -5.23. The molecule has 4 heterocycles. The molecule has 8 rings (SSSR count). The lowest BCUT2D eigenvalue weighted by atomic mass is 9.86. The lowest BCUT2D eigenvalue weighted by Gasteiger charge is -2.46. The number of carbonyl (C=O) groups is 4. The predicted octanol–water partition coefficient (Wildman–Crippen LogP) is 7.79. The minimum atomic E-state index is -0.845. The number of aromatic nitrogens is 2. The number of alkyl halides is 2. The summed E-state index contributed by atoms with van der Waals surface area (Å²) in [4.78, 5) is 64.0. The molecule has 0 spiro atoms. The quantitative estimate of drug-likeness (QED) is 0.139. The molecule has 2 fully saturated rings. The fraction of sp³-hybridized carbons (Fsp3) is 0.333. The Morgan fingerprint density at radius 1 is 0.623 bits per heavy atom. The summed E-state index contributed by atoms with van der Waals surface area (Å²) >= 11 is 17.1. The molecule has 10 nitrogen and oxygen atoms in total. The number of halogens is 2. The van der Waals surface area contributed by atoms with Gasteiger partial charge in [-0.2, -0.15) is 0 Å². The number of hydrogen-bond acceptors (Lipinski definition) is 5. The van der Waals surface area contributed by atoms with Crippen molar-refractivity contribution in [1.82, 2.24) is 29.6 Å². The second kappa shape index (κ2) is 17.3. The summed E-state index contributed by atoms with van der Waals surface area (Å²) in [5.41, 5.74) is 7.92. The number of nitrogens with zero attached hydrogens (tertiary/aromatic N) is 4. The number of piperazine rings is 2. The van der Waals surface area contributed by atoms with Crippen LogP contribution in [0.15, 0.2) is 121 Å². The van der Waals surface area contributed by atoms with E-state index in [-0.39, 0.29) is 23.6 Å². The lowest BCUT2D eigenvalue weighted by Crippen LogP contribution is -2.49.